The fraction of sp³-hybridized carbons (Fsp3) is 0.273. The minimum Gasteiger partial charge on any atom is -0.329 e. The summed E-state index contributed by atoms with van der Waals surface area (Å²) in [4.78, 5) is 9.47. The number of aromatic nitrogens is 2. The van der Waals surface area contributed by atoms with E-state index >= 15 is 0 Å². The highest BCUT2D eigenvalue weighted by molar-refractivity contribution is 5.65. The lowest BCUT2D eigenvalue weighted by Crippen LogP contribution is -2.19. The molecule has 0 spiro atoms. The Labute approximate surface area is 168 Å². The van der Waals surface area contributed by atoms with Crippen molar-refractivity contribution in [2.75, 3.05) is 17.3 Å². The fourth-order valence-electron chi connectivity index (χ4n) is 2.86. The lowest BCUT2D eigenvalue weighted by molar-refractivity contribution is -0.137. The van der Waals surface area contributed by atoms with Crippen LogP contribution >= 0.6 is 0 Å². The van der Waals surface area contributed by atoms with Crippen LogP contribution in [-0.4, -0.2) is 17.0 Å². The Bertz CT molecular complexity index is 965. The summed E-state index contributed by atoms with van der Waals surface area (Å²) >= 11 is 0. The first-order chi connectivity index (χ1) is 13.6. The van der Waals surface area contributed by atoms with Crippen molar-refractivity contribution in [1.82, 2.24) is 9.97 Å². The summed E-state index contributed by atoms with van der Waals surface area (Å²) < 4.78 is 40.7. The maximum Gasteiger partial charge on any atom is 0.421 e. The molecule has 3 rings (SSSR count). The Hall–Kier alpha value is -3.09. The number of benzene rings is 2. The number of aryl methyl sites for hydroxylation is 1. The highest BCUT2D eigenvalue weighted by Crippen LogP contribution is 2.37. The Morgan fingerprint density at radius 1 is 0.966 bits per heavy atom. The molecule has 0 saturated carbocycles. The number of hydrogen-bond acceptors (Lipinski definition) is 4. The zero-order chi connectivity index (χ0) is 21.2. The fourth-order valence-corrected chi connectivity index (χ4v) is 2.86. The van der Waals surface area contributed by atoms with Crippen molar-refractivity contribution in [1.29, 1.82) is 0 Å². The van der Waals surface area contributed by atoms with Crippen LogP contribution in [0.3, 0.4) is 0 Å². The first-order valence-electron chi connectivity index (χ1n) is 9.27. The van der Waals surface area contributed by atoms with Gasteiger partial charge in [0, 0.05) is 24.6 Å². The first kappa shape index (κ1) is 20.6. The summed E-state index contributed by atoms with van der Waals surface area (Å²) in [5.41, 5.74) is 2.62. The van der Waals surface area contributed by atoms with Crippen LogP contribution in [0.2, 0.25) is 0 Å². The lowest BCUT2D eigenvalue weighted by atomic mass is 10.0. The minimum atomic E-state index is -4.57. The van der Waals surface area contributed by atoms with Gasteiger partial charge < -0.3 is 10.2 Å². The van der Waals surface area contributed by atoms with Gasteiger partial charge in [-0.25, -0.2) is 4.98 Å². The molecule has 0 fully saturated rings. The molecule has 0 unspecified atom stereocenters. The molecule has 2 aromatic carbocycles. The maximum absolute atomic E-state index is 13.6. The Balaban J connectivity index is 1.98. The van der Waals surface area contributed by atoms with Crippen LogP contribution in [0.25, 0.3) is 0 Å². The van der Waals surface area contributed by atoms with Gasteiger partial charge in [0.05, 0.1) is 0 Å². The first-order valence-corrected chi connectivity index (χ1v) is 9.27. The third-order valence-corrected chi connectivity index (χ3v) is 4.65. The molecule has 1 N–H and O–H groups in total. The van der Waals surface area contributed by atoms with Crippen molar-refractivity contribution in [2.24, 2.45) is 0 Å². The quantitative estimate of drug-likeness (QED) is 0.535. The molecule has 0 aliphatic rings. The largest absolute Gasteiger partial charge is 0.421 e. The van der Waals surface area contributed by atoms with E-state index in [1.807, 2.05) is 43.3 Å². The Kier molecular flexibility index (Phi) is 5.77. The topological polar surface area (TPSA) is 41.1 Å². The van der Waals surface area contributed by atoms with Gasteiger partial charge in [-0.05, 0) is 42.7 Å². The molecule has 1 heterocycles. The zero-order valence-corrected chi connectivity index (χ0v) is 16.7. The number of rotatable bonds is 5. The van der Waals surface area contributed by atoms with Crippen molar-refractivity contribution in [3.63, 3.8) is 0 Å². The molecule has 7 heteroatoms. The normalized spacial score (nSPS) is 11.6. The molecule has 3 aromatic rings. The highest BCUT2D eigenvalue weighted by Gasteiger charge is 2.36. The van der Waals surface area contributed by atoms with Gasteiger partial charge in [0.15, 0.2) is 5.82 Å². The minimum absolute atomic E-state index is 0.0995. The molecule has 0 aliphatic carbocycles. The van der Waals surface area contributed by atoms with E-state index < -0.39 is 11.7 Å². The summed E-state index contributed by atoms with van der Waals surface area (Å²) in [5.74, 6) is 0.228. The molecule has 0 radical (unpaired) electrons. The van der Waals surface area contributed by atoms with Gasteiger partial charge in [0.1, 0.15) is 5.56 Å². The predicted molar refractivity (Wildman–Crippen MR) is 110 cm³/mol. The number of nitrogens with one attached hydrogen (secondary N) is 1. The van der Waals surface area contributed by atoms with Crippen molar-refractivity contribution >= 4 is 23.1 Å². The maximum atomic E-state index is 13.6. The van der Waals surface area contributed by atoms with Gasteiger partial charge in [-0.2, -0.15) is 18.2 Å². The third kappa shape index (κ3) is 4.85. The van der Waals surface area contributed by atoms with Crippen molar-refractivity contribution < 1.29 is 13.2 Å². The summed E-state index contributed by atoms with van der Waals surface area (Å²) in [6, 6.07) is 14.9. The number of hydrogen-bond donors (Lipinski definition) is 1. The Morgan fingerprint density at radius 2 is 1.59 bits per heavy atom. The van der Waals surface area contributed by atoms with Crippen LogP contribution in [-0.2, 0) is 6.18 Å². The molecule has 1 aromatic heterocycles. The molecule has 4 nitrogen and oxygen atoms in total. The standard InChI is InChI=1S/C22H23F3N4/c1-14(2)16-7-11-18(12-8-16)29(4)20-19(22(23,24)25)13-26-21(28-20)27-17-9-5-15(3)6-10-17/h5-14H,1-4H3,(H,26,27,28). The van der Waals surface area contributed by atoms with Crippen molar-refractivity contribution in [3.05, 3.63) is 71.4 Å². The molecule has 152 valence electrons. The summed E-state index contributed by atoms with van der Waals surface area (Å²) in [7, 11) is 1.57. The molecular weight excluding hydrogens is 377 g/mol. The lowest BCUT2D eigenvalue weighted by Gasteiger charge is -2.23. The van der Waals surface area contributed by atoms with E-state index in [1.54, 1.807) is 19.2 Å². The molecule has 29 heavy (non-hydrogen) atoms. The van der Waals surface area contributed by atoms with E-state index in [9.17, 15) is 13.2 Å². The van der Waals surface area contributed by atoms with Gasteiger partial charge in [0.25, 0.3) is 0 Å². The number of halogens is 3. The number of alkyl halides is 3. The molecule has 0 saturated heterocycles. The van der Waals surface area contributed by atoms with Gasteiger partial charge in [-0.15, -0.1) is 0 Å². The smallest absolute Gasteiger partial charge is 0.329 e. The van der Waals surface area contributed by atoms with E-state index in [-0.39, 0.29) is 11.8 Å². The van der Waals surface area contributed by atoms with E-state index in [2.05, 4.69) is 29.1 Å². The highest BCUT2D eigenvalue weighted by atomic mass is 19.4. The van der Waals surface area contributed by atoms with Crippen molar-refractivity contribution in [2.45, 2.75) is 32.9 Å². The second-order valence-electron chi connectivity index (χ2n) is 7.22. The van der Waals surface area contributed by atoms with Crippen LogP contribution in [0, 0.1) is 6.92 Å². The van der Waals surface area contributed by atoms with Crippen LogP contribution in [0.5, 0.6) is 0 Å². The third-order valence-electron chi connectivity index (χ3n) is 4.65. The second-order valence-corrected chi connectivity index (χ2v) is 7.22. The monoisotopic (exact) mass is 400 g/mol. The zero-order valence-electron chi connectivity index (χ0n) is 16.7. The van der Waals surface area contributed by atoms with Crippen LogP contribution < -0.4 is 10.2 Å². The van der Waals surface area contributed by atoms with Crippen LogP contribution in [0.1, 0.15) is 36.5 Å². The van der Waals surface area contributed by atoms with Gasteiger partial charge >= 0.3 is 6.18 Å². The van der Waals surface area contributed by atoms with E-state index in [1.165, 1.54) is 4.90 Å². The van der Waals surface area contributed by atoms with E-state index in [4.69, 9.17) is 0 Å². The summed E-state index contributed by atoms with van der Waals surface area (Å²) in [6.45, 7) is 6.08. The second kappa shape index (κ2) is 8.11. The van der Waals surface area contributed by atoms with Crippen LogP contribution in [0.15, 0.2) is 54.7 Å². The van der Waals surface area contributed by atoms with Gasteiger partial charge in [-0.1, -0.05) is 43.7 Å². The summed E-state index contributed by atoms with van der Waals surface area (Å²) in [5, 5.41) is 2.96. The predicted octanol–water partition coefficient (Wildman–Crippen LogP) is 6.44. The number of anilines is 4. The molecule has 0 atom stereocenters. The van der Waals surface area contributed by atoms with E-state index in [0.29, 0.717) is 17.3 Å². The average Bonchev–Trinajstić information content (AvgIpc) is 2.68. The van der Waals surface area contributed by atoms with E-state index in [0.717, 1.165) is 17.3 Å². The summed E-state index contributed by atoms with van der Waals surface area (Å²) in [6.07, 6.45) is -3.75. The molecule has 0 aliphatic heterocycles. The van der Waals surface area contributed by atoms with Crippen molar-refractivity contribution in [3.8, 4) is 0 Å². The number of nitrogens with zero attached hydrogens (tertiary/aromatic N) is 3. The Morgan fingerprint density at radius 3 is 2.14 bits per heavy atom. The van der Waals surface area contributed by atoms with Gasteiger partial charge in [-0.3, -0.25) is 0 Å². The molecular formula is C22H23F3N4. The van der Waals surface area contributed by atoms with Crippen LogP contribution in [0.4, 0.5) is 36.3 Å². The SMILES string of the molecule is Cc1ccc(Nc2ncc(C(F)(F)F)c(N(C)c3ccc(C(C)C)cc3)n2)cc1. The molecule has 0 amide bonds. The molecule has 0 bridgehead atoms. The average molecular weight is 400 g/mol. The van der Waals surface area contributed by atoms with Gasteiger partial charge in [0.2, 0.25) is 5.95 Å².